The molecule has 22 heavy (non-hydrogen) atoms. The molecule has 1 N–H and O–H groups in total. The normalized spacial score (nSPS) is 10.7. The highest BCUT2D eigenvalue weighted by molar-refractivity contribution is 6.31. The largest absolute Gasteiger partial charge is 0.325 e. The van der Waals surface area contributed by atoms with Crippen molar-refractivity contribution in [1.29, 1.82) is 0 Å². The van der Waals surface area contributed by atoms with Crippen LogP contribution in [0.4, 0.5) is 5.69 Å². The summed E-state index contributed by atoms with van der Waals surface area (Å²) >= 11 is 6.06. The summed E-state index contributed by atoms with van der Waals surface area (Å²) in [6.45, 7) is 3.10. The molecule has 3 nitrogen and oxygen atoms in total. The molecule has 2 aromatic carbocycles. The molecule has 0 saturated heterocycles. The van der Waals surface area contributed by atoms with Crippen LogP contribution in [0, 0.1) is 6.92 Å². The van der Waals surface area contributed by atoms with Crippen LogP contribution in [0.3, 0.4) is 0 Å². The number of rotatable bonds is 6. The maximum Gasteiger partial charge on any atom is 0.238 e. The Bertz CT molecular complexity index is 628. The van der Waals surface area contributed by atoms with Gasteiger partial charge in [-0.1, -0.05) is 48.0 Å². The predicted octanol–water partition coefficient (Wildman–Crippen LogP) is 3.76. The molecule has 0 aliphatic heterocycles. The van der Waals surface area contributed by atoms with Gasteiger partial charge in [0.25, 0.3) is 0 Å². The Morgan fingerprint density at radius 2 is 1.86 bits per heavy atom. The molecule has 0 unspecified atom stereocenters. The highest BCUT2D eigenvalue weighted by Gasteiger charge is 2.09. The number of amides is 1. The van der Waals surface area contributed by atoms with Crippen LogP contribution in [-0.4, -0.2) is 30.9 Å². The average Bonchev–Trinajstić information content (AvgIpc) is 2.51. The van der Waals surface area contributed by atoms with E-state index in [-0.39, 0.29) is 5.91 Å². The summed E-state index contributed by atoms with van der Waals surface area (Å²) in [7, 11) is 1.95. The smallest absolute Gasteiger partial charge is 0.238 e. The van der Waals surface area contributed by atoms with E-state index in [1.54, 1.807) is 0 Å². The minimum absolute atomic E-state index is 0.0269. The zero-order valence-electron chi connectivity index (χ0n) is 13.0. The molecule has 0 aliphatic carbocycles. The first kappa shape index (κ1) is 16.5. The topological polar surface area (TPSA) is 32.3 Å². The van der Waals surface area contributed by atoms with Gasteiger partial charge < -0.3 is 5.32 Å². The Balaban J connectivity index is 1.82. The first-order valence-electron chi connectivity index (χ1n) is 7.33. The van der Waals surface area contributed by atoms with Crippen LogP contribution in [-0.2, 0) is 11.2 Å². The van der Waals surface area contributed by atoms with E-state index in [9.17, 15) is 4.79 Å². The third-order valence-corrected chi connectivity index (χ3v) is 3.99. The van der Waals surface area contributed by atoms with E-state index in [1.807, 2.05) is 55.3 Å². The second-order valence-electron chi connectivity index (χ2n) is 5.43. The number of nitrogens with zero attached hydrogens (tertiary/aromatic N) is 1. The van der Waals surface area contributed by atoms with Gasteiger partial charge in [0, 0.05) is 17.3 Å². The minimum atomic E-state index is -0.0269. The van der Waals surface area contributed by atoms with Crippen LogP contribution in [0.2, 0.25) is 5.02 Å². The quantitative estimate of drug-likeness (QED) is 0.880. The molecule has 4 heteroatoms. The lowest BCUT2D eigenvalue weighted by molar-refractivity contribution is -0.117. The first-order chi connectivity index (χ1) is 10.6. The van der Waals surface area contributed by atoms with Gasteiger partial charge in [0.2, 0.25) is 5.91 Å². The molecule has 116 valence electrons. The fourth-order valence-electron chi connectivity index (χ4n) is 2.22. The van der Waals surface area contributed by atoms with Gasteiger partial charge >= 0.3 is 0 Å². The third kappa shape index (κ3) is 4.86. The summed E-state index contributed by atoms with van der Waals surface area (Å²) in [5.74, 6) is -0.0269. The molecular weight excluding hydrogens is 296 g/mol. The Hall–Kier alpha value is -1.84. The number of nitrogens with one attached hydrogen (secondary N) is 1. The lowest BCUT2D eigenvalue weighted by Crippen LogP contribution is -2.31. The van der Waals surface area contributed by atoms with E-state index in [1.165, 1.54) is 5.56 Å². The SMILES string of the molecule is Cc1c(Cl)cccc1NC(=O)CN(C)CCc1ccccc1. The first-order valence-corrected chi connectivity index (χ1v) is 7.71. The standard InChI is InChI=1S/C18H21ClN2O/c1-14-16(19)9-6-10-17(14)20-18(22)13-21(2)12-11-15-7-4-3-5-8-15/h3-10H,11-13H2,1-2H3,(H,20,22). The van der Waals surface area contributed by atoms with E-state index in [0.29, 0.717) is 11.6 Å². The molecule has 1 amide bonds. The average molecular weight is 317 g/mol. The highest BCUT2D eigenvalue weighted by Crippen LogP contribution is 2.22. The monoisotopic (exact) mass is 316 g/mol. The lowest BCUT2D eigenvalue weighted by Gasteiger charge is -2.17. The van der Waals surface area contributed by atoms with Gasteiger partial charge in [-0.05, 0) is 43.7 Å². The van der Waals surface area contributed by atoms with Crippen LogP contribution in [0.15, 0.2) is 48.5 Å². The van der Waals surface area contributed by atoms with Crippen molar-refractivity contribution in [2.24, 2.45) is 0 Å². The number of carbonyl (C=O) groups excluding carboxylic acids is 1. The van der Waals surface area contributed by atoms with E-state index < -0.39 is 0 Å². The maximum atomic E-state index is 12.1. The van der Waals surface area contributed by atoms with Gasteiger partial charge in [-0.15, -0.1) is 0 Å². The van der Waals surface area contributed by atoms with E-state index in [2.05, 4.69) is 17.4 Å². The zero-order chi connectivity index (χ0) is 15.9. The molecule has 0 radical (unpaired) electrons. The Labute approximate surface area is 136 Å². The van der Waals surface area contributed by atoms with Crippen molar-refractivity contribution in [2.45, 2.75) is 13.3 Å². The number of hydrogen-bond acceptors (Lipinski definition) is 2. The molecule has 0 spiro atoms. The summed E-state index contributed by atoms with van der Waals surface area (Å²) in [5.41, 5.74) is 2.94. The third-order valence-electron chi connectivity index (χ3n) is 3.58. The minimum Gasteiger partial charge on any atom is -0.325 e. The molecule has 0 saturated carbocycles. The Kier molecular flexibility index (Phi) is 5.99. The van der Waals surface area contributed by atoms with Crippen molar-refractivity contribution < 1.29 is 4.79 Å². The molecule has 0 heterocycles. The van der Waals surface area contributed by atoms with Crippen LogP contribution >= 0.6 is 11.6 Å². The Morgan fingerprint density at radius 1 is 1.14 bits per heavy atom. The van der Waals surface area contributed by atoms with E-state index in [0.717, 1.165) is 24.2 Å². The van der Waals surface area contributed by atoms with Crippen molar-refractivity contribution in [2.75, 3.05) is 25.5 Å². The van der Waals surface area contributed by atoms with Gasteiger partial charge in [0.1, 0.15) is 0 Å². The van der Waals surface area contributed by atoms with Crippen molar-refractivity contribution in [3.8, 4) is 0 Å². The van der Waals surface area contributed by atoms with Crippen LogP contribution in [0.5, 0.6) is 0 Å². The molecule has 2 aromatic rings. The number of anilines is 1. The number of benzene rings is 2. The zero-order valence-corrected chi connectivity index (χ0v) is 13.7. The Morgan fingerprint density at radius 3 is 2.59 bits per heavy atom. The van der Waals surface area contributed by atoms with Gasteiger partial charge in [-0.3, -0.25) is 9.69 Å². The van der Waals surface area contributed by atoms with Crippen molar-refractivity contribution >= 4 is 23.2 Å². The number of likely N-dealkylation sites (N-methyl/N-ethyl adjacent to an activating group) is 1. The van der Waals surface area contributed by atoms with E-state index >= 15 is 0 Å². The summed E-state index contributed by atoms with van der Waals surface area (Å²) in [6, 6.07) is 15.8. The van der Waals surface area contributed by atoms with Crippen molar-refractivity contribution in [3.63, 3.8) is 0 Å². The lowest BCUT2D eigenvalue weighted by atomic mass is 10.1. The maximum absolute atomic E-state index is 12.1. The summed E-state index contributed by atoms with van der Waals surface area (Å²) < 4.78 is 0. The van der Waals surface area contributed by atoms with Crippen LogP contribution in [0.1, 0.15) is 11.1 Å². The second kappa shape index (κ2) is 7.97. The summed E-state index contributed by atoms with van der Waals surface area (Å²) in [6.07, 6.45) is 0.931. The van der Waals surface area contributed by atoms with E-state index in [4.69, 9.17) is 11.6 Å². The molecular formula is C18H21ClN2O. The fraction of sp³-hybridized carbons (Fsp3) is 0.278. The highest BCUT2D eigenvalue weighted by atomic mass is 35.5. The van der Waals surface area contributed by atoms with Gasteiger partial charge in [-0.2, -0.15) is 0 Å². The van der Waals surface area contributed by atoms with Gasteiger partial charge in [0.15, 0.2) is 0 Å². The van der Waals surface area contributed by atoms with Gasteiger partial charge in [0.05, 0.1) is 6.54 Å². The number of halogens is 1. The molecule has 0 fully saturated rings. The van der Waals surface area contributed by atoms with Crippen LogP contribution < -0.4 is 5.32 Å². The van der Waals surface area contributed by atoms with Crippen LogP contribution in [0.25, 0.3) is 0 Å². The van der Waals surface area contributed by atoms with Gasteiger partial charge in [-0.25, -0.2) is 0 Å². The number of carbonyl (C=O) groups is 1. The van der Waals surface area contributed by atoms with Crippen molar-refractivity contribution in [3.05, 3.63) is 64.7 Å². The number of hydrogen-bond donors (Lipinski definition) is 1. The second-order valence-corrected chi connectivity index (χ2v) is 5.84. The van der Waals surface area contributed by atoms with Crippen molar-refractivity contribution in [1.82, 2.24) is 4.90 Å². The molecule has 0 atom stereocenters. The molecule has 0 aromatic heterocycles. The molecule has 0 bridgehead atoms. The summed E-state index contributed by atoms with van der Waals surface area (Å²) in [5, 5.41) is 3.58. The summed E-state index contributed by atoms with van der Waals surface area (Å²) in [4.78, 5) is 14.1. The molecule has 0 aliphatic rings. The molecule has 2 rings (SSSR count). The predicted molar refractivity (Wildman–Crippen MR) is 92.5 cm³/mol. The fourth-order valence-corrected chi connectivity index (χ4v) is 2.40.